The number of rotatable bonds is 5. The first-order valence-corrected chi connectivity index (χ1v) is 11.0. The molecule has 166 valence electrons. The lowest BCUT2D eigenvalue weighted by atomic mass is 9.98. The first-order chi connectivity index (χ1) is 15.9. The van der Waals surface area contributed by atoms with Gasteiger partial charge < -0.3 is 5.32 Å². The minimum absolute atomic E-state index is 0.128. The maximum absolute atomic E-state index is 12.8. The molecule has 2 aliphatic heterocycles. The smallest absolute Gasteiger partial charge is 0.331 e. The lowest BCUT2D eigenvalue weighted by molar-refractivity contribution is 0.102. The van der Waals surface area contributed by atoms with E-state index in [9.17, 15) is 9.59 Å². The lowest BCUT2D eigenvalue weighted by Crippen LogP contribution is -2.41. The van der Waals surface area contributed by atoms with Crippen LogP contribution in [0.25, 0.3) is 0 Å². The number of hydrogen-bond acceptors (Lipinski definition) is 5. The number of Topliss-reactive ketones (excluding diaryl/α,β-unsaturated/α-hetero) is 1. The van der Waals surface area contributed by atoms with Gasteiger partial charge in [-0.2, -0.15) is 15.4 Å². The molecule has 2 heterocycles. The number of carbonyl (C=O) groups is 2. The highest BCUT2D eigenvalue weighted by molar-refractivity contribution is 6.36. The van der Waals surface area contributed by atoms with E-state index in [1.54, 1.807) is 36.6 Å². The van der Waals surface area contributed by atoms with Gasteiger partial charge in [-0.15, -0.1) is 0 Å². The zero-order valence-corrected chi connectivity index (χ0v) is 19.3. The third-order valence-electron chi connectivity index (χ3n) is 5.12. The standard InChI is InChI=1S/C23H16Cl3N5O2/c24-19-10-17(31-23(33)28-7-8-29-31)11-20(25)18(19)9-14-1-3-15(4-2-14)22(32)16-5-6-21(26)30(12-16)13-27/h1-6,8,10-11H,7,9,12H2,(H,28,33). The summed E-state index contributed by atoms with van der Waals surface area (Å²) in [5.74, 6) is -0.178. The molecule has 2 aromatic rings. The maximum Gasteiger partial charge on any atom is 0.342 e. The van der Waals surface area contributed by atoms with Crippen molar-refractivity contribution in [2.24, 2.45) is 5.10 Å². The van der Waals surface area contributed by atoms with Crippen LogP contribution in [0.15, 0.2) is 64.4 Å². The zero-order valence-electron chi connectivity index (χ0n) is 17.1. The second-order valence-electron chi connectivity index (χ2n) is 7.25. The third-order valence-corrected chi connectivity index (χ3v) is 6.13. The minimum atomic E-state index is -0.360. The molecule has 0 fully saturated rings. The van der Waals surface area contributed by atoms with Gasteiger partial charge in [-0.05, 0) is 29.3 Å². The SMILES string of the molecule is N#CN1CC(C(=O)c2ccc(Cc3c(Cl)cc(N4N=CCNC4=O)cc3Cl)cc2)=CC=C1Cl. The van der Waals surface area contributed by atoms with Crippen molar-refractivity contribution in [3.05, 3.63) is 86.0 Å². The molecule has 0 aliphatic carbocycles. The molecule has 1 N–H and O–H groups in total. The van der Waals surface area contributed by atoms with Crippen LogP contribution in [-0.4, -0.2) is 36.0 Å². The van der Waals surface area contributed by atoms with Crippen molar-refractivity contribution in [2.75, 3.05) is 18.1 Å². The monoisotopic (exact) mass is 499 g/mol. The summed E-state index contributed by atoms with van der Waals surface area (Å²) in [5.41, 5.74) is 3.03. The van der Waals surface area contributed by atoms with E-state index in [2.05, 4.69) is 10.4 Å². The Kier molecular flexibility index (Phi) is 6.70. The summed E-state index contributed by atoms with van der Waals surface area (Å²) in [6, 6.07) is 10.0. The lowest BCUT2D eigenvalue weighted by Gasteiger charge is -2.22. The summed E-state index contributed by atoms with van der Waals surface area (Å²) in [4.78, 5) is 26.0. The second kappa shape index (κ2) is 9.67. The van der Waals surface area contributed by atoms with Crippen LogP contribution >= 0.6 is 34.8 Å². The topological polar surface area (TPSA) is 88.8 Å². The summed E-state index contributed by atoms with van der Waals surface area (Å²) in [5, 5.41) is 18.1. The number of benzene rings is 2. The number of hydrogen-bond donors (Lipinski definition) is 1. The number of allylic oxidation sites excluding steroid dienone is 2. The summed E-state index contributed by atoms with van der Waals surface area (Å²) >= 11 is 18.9. The molecule has 0 radical (unpaired) electrons. The number of hydrazone groups is 1. The number of amides is 2. The number of urea groups is 1. The summed E-state index contributed by atoms with van der Waals surface area (Å²) in [6.07, 6.45) is 7.11. The van der Waals surface area contributed by atoms with Gasteiger partial charge in [0.05, 0.1) is 18.8 Å². The number of nitrogens with one attached hydrogen (secondary N) is 1. The van der Waals surface area contributed by atoms with Crippen LogP contribution in [0.4, 0.5) is 10.5 Å². The Balaban J connectivity index is 1.51. The predicted molar refractivity (Wildman–Crippen MR) is 129 cm³/mol. The maximum atomic E-state index is 12.8. The average molecular weight is 501 g/mol. The molecule has 0 spiro atoms. The van der Waals surface area contributed by atoms with Gasteiger partial charge in [0, 0.05) is 33.8 Å². The molecule has 0 saturated carbocycles. The molecule has 7 nitrogen and oxygen atoms in total. The Labute approximate surface area is 205 Å². The van der Waals surface area contributed by atoms with Crippen molar-refractivity contribution in [2.45, 2.75) is 6.42 Å². The number of carbonyl (C=O) groups excluding carboxylic acids is 2. The van der Waals surface area contributed by atoms with Crippen molar-refractivity contribution < 1.29 is 9.59 Å². The van der Waals surface area contributed by atoms with Gasteiger partial charge >= 0.3 is 6.03 Å². The molecule has 0 bridgehead atoms. The molecule has 2 aliphatic rings. The van der Waals surface area contributed by atoms with Gasteiger partial charge in [-0.25, -0.2) is 4.79 Å². The molecular formula is C23H16Cl3N5O2. The van der Waals surface area contributed by atoms with E-state index in [-0.39, 0.29) is 23.5 Å². The molecule has 0 atom stereocenters. The van der Waals surface area contributed by atoms with E-state index in [0.29, 0.717) is 45.4 Å². The highest BCUT2D eigenvalue weighted by Gasteiger charge is 2.21. The first-order valence-electron chi connectivity index (χ1n) is 9.83. The van der Waals surface area contributed by atoms with Gasteiger partial charge in [-0.1, -0.05) is 65.1 Å². The number of anilines is 1. The number of halogens is 3. The van der Waals surface area contributed by atoms with Crippen LogP contribution in [0.3, 0.4) is 0 Å². The Morgan fingerprint density at radius 1 is 1.12 bits per heavy atom. The zero-order chi connectivity index (χ0) is 23.5. The average Bonchev–Trinajstić information content (AvgIpc) is 2.82. The number of nitrogens with zero attached hydrogens (tertiary/aromatic N) is 4. The predicted octanol–water partition coefficient (Wildman–Crippen LogP) is 5.09. The summed E-state index contributed by atoms with van der Waals surface area (Å²) < 4.78 is 0. The van der Waals surface area contributed by atoms with E-state index >= 15 is 0 Å². The van der Waals surface area contributed by atoms with Crippen molar-refractivity contribution >= 4 is 58.5 Å². The highest BCUT2D eigenvalue weighted by Crippen LogP contribution is 2.33. The molecule has 4 rings (SSSR count). The third kappa shape index (κ3) is 4.88. The van der Waals surface area contributed by atoms with E-state index in [4.69, 9.17) is 40.1 Å². The van der Waals surface area contributed by atoms with Crippen LogP contribution in [-0.2, 0) is 6.42 Å². The molecule has 0 aromatic heterocycles. The number of nitriles is 1. The molecular weight excluding hydrogens is 485 g/mol. The van der Waals surface area contributed by atoms with Crippen LogP contribution in [0.5, 0.6) is 0 Å². The molecule has 0 unspecified atom stereocenters. The van der Waals surface area contributed by atoms with Gasteiger partial charge in [0.15, 0.2) is 12.0 Å². The normalized spacial score (nSPS) is 15.5. The molecule has 10 heteroatoms. The Morgan fingerprint density at radius 2 is 1.82 bits per heavy atom. The van der Waals surface area contributed by atoms with Gasteiger partial charge in [0.25, 0.3) is 0 Å². The number of ketones is 1. The van der Waals surface area contributed by atoms with Crippen LogP contribution < -0.4 is 10.3 Å². The summed E-state index contributed by atoms with van der Waals surface area (Å²) in [7, 11) is 0. The van der Waals surface area contributed by atoms with Crippen molar-refractivity contribution in [1.82, 2.24) is 10.2 Å². The van der Waals surface area contributed by atoms with E-state index in [1.807, 2.05) is 18.3 Å². The fraction of sp³-hybridized carbons (Fsp3) is 0.130. The van der Waals surface area contributed by atoms with E-state index in [1.165, 1.54) is 16.0 Å². The van der Waals surface area contributed by atoms with Crippen LogP contribution in [0.1, 0.15) is 21.5 Å². The highest BCUT2D eigenvalue weighted by atomic mass is 35.5. The Morgan fingerprint density at radius 3 is 2.45 bits per heavy atom. The quantitative estimate of drug-likeness (QED) is 0.352. The minimum Gasteiger partial charge on any atom is -0.331 e. The van der Waals surface area contributed by atoms with Crippen LogP contribution in [0.2, 0.25) is 10.0 Å². The fourth-order valence-corrected chi connectivity index (χ4v) is 4.17. The largest absolute Gasteiger partial charge is 0.342 e. The fourth-order valence-electron chi connectivity index (χ4n) is 3.40. The van der Waals surface area contributed by atoms with Gasteiger partial charge in [-0.3, -0.25) is 9.69 Å². The molecule has 2 amide bonds. The molecule has 33 heavy (non-hydrogen) atoms. The molecule has 0 saturated heterocycles. The van der Waals surface area contributed by atoms with E-state index < -0.39 is 0 Å². The molecule has 2 aromatic carbocycles. The van der Waals surface area contributed by atoms with Crippen LogP contribution in [0, 0.1) is 11.5 Å². The summed E-state index contributed by atoms with van der Waals surface area (Å²) in [6.45, 7) is 0.495. The second-order valence-corrected chi connectivity index (χ2v) is 8.46. The van der Waals surface area contributed by atoms with Crippen molar-refractivity contribution in [3.63, 3.8) is 0 Å². The van der Waals surface area contributed by atoms with Crippen molar-refractivity contribution in [1.29, 1.82) is 5.26 Å². The Bertz CT molecular complexity index is 1240. The van der Waals surface area contributed by atoms with E-state index in [0.717, 1.165) is 5.56 Å². The first kappa shape index (κ1) is 22.9. The van der Waals surface area contributed by atoms with Crippen molar-refractivity contribution in [3.8, 4) is 6.19 Å². The van der Waals surface area contributed by atoms with Gasteiger partial charge in [0.1, 0.15) is 5.16 Å². The van der Waals surface area contributed by atoms with Gasteiger partial charge in [0.2, 0.25) is 0 Å². The Hall–Kier alpha value is -3.31.